The highest BCUT2D eigenvalue weighted by molar-refractivity contribution is 4.85. The average molecular weight is 197 g/mol. The van der Waals surface area contributed by atoms with Gasteiger partial charge >= 0.3 is 0 Å². The summed E-state index contributed by atoms with van der Waals surface area (Å²) < 4.78 is 0. The van der Waals surface area contributed by atoms with E-state index >= 15 is 0 Å². The third-order valence-corrected chi connectivity index (χ3v) is 3.85. The standard InChI is InChI=1S/C13H27N/c1-11(2)10-13(8-9-14)6-4-12(3)5-7-13/h11-12H,4-10,14H2,1-3H3. The molecular formula is C13H27N. The molecule has 0 aromatic rings. The first-order chi connectivity index (χ1) is 6.58. The van der Waals surface area contributed by atoms with Crippen LogP contribution in [0.25, 0.3) is 0 Å². The molecule has 1 heteroatoms. The minimum atomic E-state index is 0.607. The van der Waals surface area contributed by atoms with Gasteiger partial charge in [0, 0.05) is 0 Å². The Kier molecular flexibility index (Phi) is 4.43. The summed E-state index contributed by atoms with van der Waals surface area (Å²) in [4.78, 5) is 0. The van der Waals surface area contributed by atoms with Crippen LogP contribution in [0.15, 0.2) is 0 Å². The van der Waals surface area contributed by atoms with Crippen molar-refractivity contribution in [1.29, 1.82) is 0 Å². The van der Waals surface area contributed by atoms with Crippen molar-refractivity contribution in [2.45, 2.75) is 59.3 Å². The SMILES string of the molecule is CC(C)CC1(CCN)CCC(C)CC1. The first-order valence-corrected chi connectivity index (χ1v) is 6.28. The molecule has 0 aromatic carbocycles. The summed E-state index contributed by atoms with van der Waals surface area (Å²) in [5, 5.41) is 0. The van der Waals surface area contributed by atoms with E-state index in [1.165, 1.54) is 38.5 Å². The van der Waals surface area contributed by atoms with Crippen LogP contribution in [0, 0.1) is 17.3 Å². The van der Waals surface area contributed by atoms with Gasteiger partial charge in [-0.25, -0.2) is 0 Å². The molecule has 0 aliphatic heterocycles. The molecular weight excluding hydrogens is 170 g/mol. The Balaban J connectivity index is 2.53. The van der Waals surface area contributed by atoms with Gasteiger partial charge in [0.05, 0.1) is 0 Å². The summed E-state index contributed by atoms with van der Waals surface area (Å²) in [6.07, 6.45) is 8.32. The Hall–Kier alpha value is -0.0400. The highest BCUT2D eigenvalue weighted by Crippen LogP contribution is 2.45. The molecule has 0 saturated heterocycles. The quantitative estimate of drug-likeness (QED) is 0.732. The molecule has 0 unspecified atom stereocenters. The van der Waals surface area contributed by atoms with Gasteiger partial charge < -0.3 is 5.73 Å². The second-order valence-corrected chi connectivity index (χ2v) is 5.82. The topological polar surface area (TPSA) is 26.0 Å². The molecule has 1 fully saturated rings. The molecule has 0 atom stereocenters. The van der Waals surface area contributed by atoms with Crippen LogP contribution in [-0.4, -0.2) is 6.54 Å². The van der Waals surface area contributed by atoms with E-state index in [-0.39, 0.29) is 0 Å². The fourth-order valence-electron chi connectivity index (χ4n) is 3.10. The summed E-state index contributed by atoms with van der Waals surface area (Å²) in [5.41, 5.74) is 6.36. The number of hydrogen-bond donors (Lipinski definition) is 1. The predicted octanol–water partition coefficient (Wildman–Crippen LogP) is 3.58. The van der Waals surface area contributed by atoms with E-state index in [9.17, 15) is 0 Å². The number of nitrogens with two attached hydrogens (primary N) is 1. The van der Waals surface area contributed by atoms with Crippen molar-refractivity contribution in [2.75, 3.05) is 6.54 Å². The maximum absolute atomic E-state index is 5.75. The molecule has 0 bridgehead atoms. The molecule has 0 amide bonds. The maximum Gasteiger partial charge on any atom is -0.00720 e. The van der Waals surface area contributed by atoms with Gasteiger partial charge in [0.25, 0.3) is 0 Å². The second kappa shape index (κ2) is 5.16. The lowest BCUT2D eigenvalue weighted by atomic mass is 9.65. The monoisotopic (exact) mass is 197 g/mol. The third kappa shape index (κ3) is 3.27. The summed E-state index contributed by atoms with van der Waals surface area (Å²) >= 11 is 0. The van der Waals surface area contributed by atoms with Gasteiger partial charge in [-0.2, -0.15) is 0 Å². The highest BCUT2D eigenvalue weighted by atomic mass is 14.5. The van der Waals surface area contributed by atoms with Crippen LogP contribution in [-0.2, 0) is 0 Å². The van der Waals surface area contributed by atoms with E-state index in [0.717, 1.165) is 18.4 Å². The molecule has 0 radical (unpaired) electrons. The van der Waals surface area contributed by atoms with Crippen molar-refractivity contribution in [3.05, 3.63) is 0 Å². The van der Waals surface area contributed by atoms with E-state index in [1.54, 1.807) is 0 Å². The van der Waals surface area contributed by atoms with Gasteiger partial charge in [0.15, 0.2) is 0 Å². The van der Waals surface area contributed by atoms with E-state index in [2.05, 4.69) is 20.8 Å². The zero-order valence-corrected chi connectivity index (χ0v) is 10.2. The Bertz CT molecular complexity index is 155. The first-order valence-electron chi connectivity index (χ1n) is 6.28. The van der Waals surface area contributed by atoms with Crippen LogP contribution in [0.3, 0.4) is 0 Å². The minimum Gasteiger partial charge on any atom is -0.330 e. The lowest BCUT2D eigenvalue weighted by Crippen LogP contribution is -2.30. The van der Waals surface area contributed by atoms with Gasteiger partial charge in [-0.05, 0) is 49.5 Å². The zero-order chi connectivity index (χ0) is 10.6. The Morgan fingerprint density at radius 2 is 1.86 bits per heavy atom. The fourth-order valence-corrected chi connectivity index (χ4v) is 3.10. The molecule has 1 nitrogen and oxygen atoms in total. The van der Waals surface area contributed by atoms with Gasteiger partial charge in [-0.3, -0.25) is 0 Å². The summed E-state index contributed by atoms with van der Waals surface area (Å²) in [7, 11) is 0. The van der Waals surface area contributed by atoms with Gasteiger partial charge in [0.1, 0.15) is 0 Å². The van der Waals surface area contributed by atoms with Crippen molar-refractivity contribution in [3.63, 3.8) is 0 Å². The molecule has 84 valence electrons. The molecule has 1 saturated carbocycles. The van der Waals surface area contributed by atoms with Crippen molar-refractivity contribution in [1.82, 2.24) is 0 Å². The molecule has 0 aromatic heterocycles. The predicted molar refractivity (Wildman–Crippen MR) is 63.2 cm³/mol. The van der Waals surface area contributed by atoms with Gasteiger partial charge in [-0.15, -0.1) is 0 Å². The normalized spacial score (nSPS) is 33.6. The summed E-state index contributed by atoms with van der Waals surface area (Å²) in [6.45, 7) is 7.95. The van der Waals surface area contributed by atoms with E-state index in [1.807, 2.05) is 0 Å². The first kappa shape index (κ1) is 12.0. The average Bonchev–Trinajstić information content (AvgIpc) is 2.10. The molecule has 1 aliphatic carbocycles. The Morgan fingerprint density at radius 1 is 1.29 bits per heavy atom. The largest absolute Gasteiger partial charge is 0.330 e. The molecule has 14 heavy (non-hydrogen) atoms. The van der Waals surface area contributed by atoms with Crippen LogP contribution in [0.2, 0.25) is 0 Å². The molecule has 1 aliphatic rings. The zero-order valence-electron chi connectivity index (χ0n) is 10.2. The lowest BCUT2D eigenvalue weighted by Gasteiger charge is -2.40. The van der Waals surface area contributed by atoms with Gasteiger partial charge in [-0.1, -0.05) is 33.6 Å². The minimum absolute atomic E-state index is 0.607. The second-order valence-electron chi connectivity index (χ2n) is 5.82. The summed E-state index contributed by atoms with van der Waals surface area (Å²) in [5.74, 6) is 1.78. The fraction of sp³-hybridized carbons (Fsp3) is 1.00. The van der Waals surface area contributed by atoms with Crippen LogP contribution in [0.1, 0.15) is 59.3 Å². The van der Waals surface area contributed by atoms with Crippen molar-refractivity contribution in [2.24, 2.45) is 23.0 Å². The van der Waals surface area contributed by atoms with Crippen molar-refractivity contribution >= 4 is 0 Å². The van der Waals surface area contributed by atoms with Gasteiger partial charge in [0.2, 0.25) is 0 Å². The summed E-state index contributed by atoms with van der Waals surface area (Å²) in [6, 6.07) is 0. The number of rotatable bonds is 4. The maximum atomic E-state index is 5.75. The Morgan fingerprint density at radius 3 is 2.29 bits per heavy atom. The highest BCUT2D eigenvalue weighted by Gasteiger charge is 2.33. The van der Waals surface area contributed by atoms with E-state index in [0.29, 0.717) is 5.41 Å². The van der Waals surface area contributed by atoms with Crippen LogP contribution < -0.4 is 5.73 Å². The number of hydrogen-bond acceptors (Lipinski definition) is 1. The van der Waals surface area contributed by atoms with Crippen LogP contribution >= 0.6 is 0 Å². The molecule has 0 spiro atoms. The van der Waals surface area contributed by atoms with Crippen LogP contribution in [0.4, 0.5) is 0 Å². The third-order valence-electron chi connectivity index (χ3n) is 3.85. The smallest absolute Gasteiger partial charge is 0.00720 e. The molecule has 2 N–H and O–H groups in total. The van der Waals surface area contributed by atoms with Crippen molar-refractivity contribution < 1.29 is 0 Å². The Labute approximate surface area is 89.5 Å². The van der Waals surface area contributed by atoms with Crippen molar-refractivity contribution in [3.8, 4) is 0 Å². The molecule has 0 heterocycles. The van der Waals surface area contributed by atoms with E-state index < -0.39 is 0 Å². The van der Waals surface area contributed by atoms with E-state index in [4.69, 9.17) is 5.73 Å². The van der Waals surface area contributed by atoms with Crippen LogP contribution in [0.5, 0.6) is 0 Å². The molecule has 1 rings (SSSR count). The lowest BCUT2D eigenvalue weighted by molar-refractivity contribution is 0.115.